The second-order valence-corrected chi connectivity index (χ2v) is 5.74. The van der Waals surface area contributed by atoms with Crippen molar-refractivity contribution in [2.45, 2.75) is 25.9 Å². The topological polar surface area (TPSA) is 59.1 Å². The Balaban J connectivity index is 1.78. The van der Waals surface area contributed by atoms with E-state index < -0.39 is 0 Å². The minimum absolute atomic E-state index is 0.0179. The number of amidine groups is 1. The fourth-order valence-corrected chi connectivity index (χ4v) is 2.88. The molecule has 0 saturated carbocycles. The Bertz CT molecular complexity index is 697. The molecule has 3 rings (SSSR count). The molecule has 0 bridgehead atoms. The van der Waals surface area contributed by atoms with Crippen molar-refractivity contribution in [1.82, 2.24) is 0 Å². The van der Waals surface area contributed by atoms with Gasteiger partial charge in [-0.1, -0.05) is 29.8 Å². The molecule has 1 aliphatic carbocycles. The van der Waals surface area contributed by atoms with Gasteiger partial charge in [-0.25, -0.2) is 0 Å². The number of ether oxygens (including phenoxy) is 1. The molecule has 0 radical (unpaired) electrons. The molecule has 108 valence electrons. The number of hydrogen-bond acceptors (Lipinski definition) is 2. The van der Waals surface area contributed by atoms with Crippen molar-refractivity contribution in [2.75, 3.05) is 0 Å². The van der Waals surface area contributed by atoms with Crippen LogP contribution in [0.2, 0.25) is 5.02 Å². The van der Waals surface area contributed by atoms with Crippen molar-refractivity contribution in [2.24, 2.45) is 5.73 Å². The average molecular weight is 301 g/mol. The van der Waals surface area contributed by atoms with E-state index in [4.69, 9.17) is 27.5 Å². The molecule has 3 nitrogen and oxygen atoms in total. The number of nitrogens with one attached hydrogen (secondary N) is 1. The van der Waals surface area contributed by atoms with E-state index in [1.54, 1.807) is 18.2 Å². The zero-order valence-electron chi connectivity index (χ0n) is 11.7. The molecule has 0 fully saturated rings. The third-order valence-corrected chi connectivity index (χ3v) is 4.03. The zero-order chi connectivity index (χ0) is 14.8. The molecule has 0 unspecified atom stereocenters. The van der Waals surface area contributed by atoms with Gasteiger partial charge < -0.3 is 10.5 Å². The summed E-state index contributed by atoms with van der Waals surface area (Å²) in [6.45, 7) is 0.452. The standard InChI is InChI=1S/C17H17ClN2O/c18-14-6-7-15(17(19)20)16(9-14)21-10-11-4-5-12-2-1-3-13(12)8-11/h4-9H,1-3,10H2,(H3,19,20). The highest BCUT2D eigenvalue weighted by atomic mass is 35.5. The number of fused-ring (bicyclic) bond motifs is 1. The molecule has 3 N–H and O–H groups in total. The van der Waals surface area contributed by atoms with Gasteiger partial charge in [0.15, 0.2) is 0 Å². The van der Waals surface area contributed by atoms with Crippen LogP contribution < -0.4 is 10.5 Å². The van der Waals surface area contributed by atoms with Gasteiger partial charge >= 0.3 is 0 Å². The summed E-state index contributed by atoms with van der Waals surface area (Å²) in [6, 6.07) is 11.6. The Morgan fingerprint density at radius 2 is 1.95 bits per heavy atom. The first-order valence-corrected chi connectivity index (χ1v) is 7.39. The second-order valence-electron chi connectivity index (χ2n) is 5.30. The van der Waals surface area contributed by atoms with E-state index in [0.29, 0.717) is 22.9 Å². The molecule has 0 saturated heterocycles. The van der Waals surface area contributed by atoms with Crippen molar-refractivity contribution >= 4 is 17.4 Å². The maximum absolute atomic E-state index is 7.58. The minimum atomic E-state index is -0.0179. The van der Waals surface area contributed by atoms with Crippen molar-refractivity contribution in [1.29, 1.82) is 5.41 Å². The van der Waals surface area contributed by atoms with Crippen LogP contribution in [0.3, 0.4) is 0 Å². The molecule has 1 aliphatic rings. The summed E-state index contributed by atoms with van der Waals surface area (Å²) in [4.78, 5) is 0. The predicted octanol–water partition coefficient (Wildman–Crippen LogP) is 3.69. The van der Waals surface area contributed by atoms with Crippen LogP contribution in [-0.2, 0) is 19.4 Å². The first kappa shape index (κ1) is 14.0. The summed E-state index contributed by atoms with van der Waals surface area (Å²) in [6.07, 6.45) is 3.57. The summed E-state index contributed by atoms with van der Waals surface area (Å²) in [7, 11) is 0. The summed E-state index contributed by atoms with van der Waals surface area (Å²) in [5.74, 6) is 0.533. The van der Waals surface area contributed by atoms with Gasteiger partial charge in [-0.15, -0.1) is 0 Å². The number of aryl methyl sites for hydroxylation is 2. The molecule has 0 spiro atoms. The van der Waals surface area contributed by atoms with Gasteiger partial charge in [0.05, 0.1) is 5.56 Å². The summed E-state index contributed by atoms with van der Waals surface area (Å²) >= 11 is 5.99. The van der Waals surface area contributed by atoms with Crippen LogP contribution in [0.15, 0.2) is 36.4 Å². The Hall–Kier alpha value is -2.00. The lowest BCUT2D eigenvalue weighted by atomic mass is 10.1. The van der Waals surface area contributed by atoms with Crippen LogP contribution in [0.4, 0.5) is 0 Å². The number of nitrogens with two attached hydrogens (primary N) is 1. The number of benzene rings is 2. The highest BCUT2D eigenvalue weighted by Gasteiger charge is 2.12. The number of nitrogen functional groups attached to an aromatic ring is 1. The van der Waals surface area contributed by atoms with Gasteiger partial charge in [-0.3, -0.25) is 5.41 Å². The van der Waals surface area contributed by atoms with Crippen LogP contribution in [0.5, 0.6) is 5.75 Å². The summed E-state index contributed by atoms with van der Waals surface area (Å²) in [5, 5.41) is 8.16. The number of rotatable bonds is 4. The summed E-state index contributed by atoms with van der Waals surface area (Å²) in [5.41, 5.74) is 10.1. The van der Waals surface area contributed by atoms with Crippen molar-refractivity contribution in [3.05, 3.63) is 63.7 Å². The Morgan fingerprint density at radius 3 is 2.76 bits per heavy atom. The maximum Gasteiger partial charge on any atom is 0.132 e. The smallest absolute Gasteiger partial charge is 0.132 e. The predicted molar refractivity (Wildman–Crippen MR) is 85.3 cm³/mol. The van der Waals surface area contributed by atoms with Crippen LogP contribution in [-0.4, -0.2) is 5.84 Å². The molecule has 2 aromatic carbocycles. The molecule has 0 aliphatic heterocycles. The molecule has 0 amide bonds. The van der Waals surface area contributed by atoms with E-state index in [0.717, 1.165) is 12.0 Å². The van der Waals surface area contributed by atoms with Crippen molar-refractivity contribution in [3.63, 3.8) is 0 Å². The van der Waals surface area contributed by atoms with Gasteiger partial charge in [-0.2, -0.15) is 0 Å². The van der Waals surface area contributed by atoms with E-state index >= 15 is 0 Å². The van der Waals surface area contributed by atoms with E-state index in [2.05, 4.69) is 18.2 Å². The van der Waals surface area contributed by atoms with E-state index in [-0.39, 0.29) is 5.84 Å². The lowest BCUT2D eigenvalue weighted by Crippen LogP contribution is -2.13. The minimum Gasteiger partial charge on any atom is -0.488 e. The first-order valence-electron chi connectivity index (χ1n) is 7.01. The average Bonchev–Trinajstić information content (AvgIpc) is 2.92. The number of hydrogen-bond donors (Lipinski definition) is 2. The van der Waals surface area contributed by atoms with Gasteiger partial charge in [0.2, 0.25) is 0 Å². The lowest BCUT2D eigenvalue weighted by molar-refractivity contribution is 0.305. The maximum atomic E-state index is 7.58. The van der Waals surface area contributed by atoms with Gasteiger partial charge in [0.25, 0.3) is 0 Å². The van der Waals surface area contributed by atoms with E-state index in [1.807, 2.05) is 0 Å². The quantitative estimate of drug-likeness (QED) is 0.668. The van der Waals surface area contributed by atoms with Crippen LogP contribution >= 0.6 is 11.6 Å². The summed E-state index contributed by atoms with van der Waals surface area (Å²) < 4.78 is 5.82. The van der Waals surface area contributed by atoms with Gasteiger partial charge in [-0.05, 0) is 54.2 Å². The molecule has 0 atom stereocenters. The molecule has 21 heavy (non-hydrogen) atoms. The lowest BCUT2D eigenvalue weighted by Gasteiger charge is -2.12. The molecule has 2 aromatic rings. The highest BCUT2D eigenvalue weighted by molar-refractivity contribution is 6.30. The van der Waals surface area contributed by atoms with Crippen molar-refractivity contribution in [3.8, 4) is 5.75 Å². The largest absolute Gasteiger partial charge is 0.488 e. The third-order valence-electron chi connectivity index (χ3n) is 3.79. The van der Waals surface area contributed by atoms with Gasteiger partial charge in [0, 0.05) is 5.02 Å². The van der Waals surface area contributed by atoms with Crippen molar-refractivity contribution < 1.29 is 4.74 Å². The van der Waals surface area contributed by atoms with Crippen LogP contribution in [0, 0.1) is 5.41 Å². The van der Waals surface area contributed by atoms with Gasteiger partial charge in [0.1, 0.15) is 18.2 Å². The van der Waals surface area contributed by atoms with Crippen LogP contribution in [0.25, 0.3) is 0 Å². The fraction of sp³-hybridized carbons (Fsp3) is 0.235. The Kier molecular flexibility index (Phi) is 3.84. The molecule has 0 heterocycles. The first-order chi connectivity index (χ1) is 10.1. The van der Waals surface area contributed by atoms with Crippen LogP contribution in [0.1, 0.15) is 28.7 Å². The zero-order valence-corrected chi connectivity index (χ0v) is 12.4. The molecular formula is C17H17ClN2O. The van der Waals surface area contributed by atoms with E-state index in [1.165, 1.54) is 24.0 Å². The fourth-order valence-electron chi connectivity index (χ4n) is 2.71. The Labute approximate surface area is 129 Å². The second kappa shape index (κ2) is 5.78. The van der Waals surface area contributed by atoms with E-state index in [9.17, 15) is 0 Å². The monoisotopic (exact) mass is 300 g/mol. The highest BCUT2D eigenvalue weighted by Crippen LogP contribution is 2.26. The molecule has 0 aromatic heterocycles. The third kappa shape index (κ3) is 3.03. The molecule has 4 heteroatoms. The normalized spacial score (nSPS) is 13.0. The molecular weight excluding hydrogens is 284 g/mol. The Morgan fingerprint density at radius 1 is 1.14 bits per heavy atom. The SMILES string of the molecule is N=C(N)c1ccc(Cl)cc1OCc1ccc2c(c1)CCC2. The number of halogens is 1.